The van der Waals surface area contributed by atoms with Crippen LogP contribution < -0.4 is 4.74 Å². The van der Waals surface area contributed by atoms with Crippen molar-refractivity contribution in [1.29, 1.82) is 0 Å². The standard InChI is InChI=1S/C17H12BrCl2N3O3/c1-9-14(16(24)25)23(8-10-7-11(19)4-5-12(10)20)17(22-9)26-13-3-2-6-21-15(13)18/h2-7H,8H2,1H3,(H,24,25). The number of imidazole rings is 1. The lowest BCUT2D eigenvalue weighted by molar-refractivity contribution is 0.0683. The molecule has 0 atom stereocenters. The molecule has 0 saturated heterocycles. The Balaban J connectivity index is 2.08. The van der Waals surface area contributed by atoms with Gasteiger partial charge in [0.1, 0.15) is 4.60 Å². The maximum atomic E-state index is 11.7. The fourth-order valence-electron chi connectivity index (χ4n) is 2.42. The van der Waals surface area contributed by atoms with E-state index in [4.69, 9.17) is 27.9 Å². The number of hydrogen-bond donors (Lipinski definition) is 1. The summed E-state index contributed by atoms with van der Waals surface area (Å²) in [7, 11) is 0. The van der Waals surface area contributed by atoms with Gasteiger partial charge in [-0.05, 0) is 58.7 Å². The summed E-state index contributed by atoms with van der Waals surface area (Å²) in [4.78, 5) is 20.1. The molecule has 2 aromatic heterocycles. The fraction of sp³-hybridized carbons (Fsp3) is 0.118. The third-order valence-electron chi connectivity index (χ3n) is 3.57. The third-order valence-corrected chi connectivity index (χ3v) is 4.77. The van der Waals surface area contributed by atoms with Gasteiger partial charge in [0.2, 0.25) is 0 Å². The summed E-state index contributed by atoms with van der Waals surface area (Å²) in [5.74, 6) is -0.707. The van der Waals surface area contributed by atoms with Gasteiger partial charge in [-0.15, -0.1) is 0 Å². The first kappa shape index (κ1) is 18.7. The highest BCUT2D eigenvalue weighted by molar-refractivity contribution is 9.10. The Morgan fingerprint density at radius 2 is 2.12 bits per heavy atom. The molecule has 0 bridgehead atoms. The fourth-order valence-corrected chi connectivity index (χ4v) is 3.13. The number of ether oxygens (including phenoxy) is 1. The van der Waals surface area contributed by atoms with Crippen molar-refractivity contribution in [3.8, 4) is 11.8 Å². The van der Waals surface area contributed by atoms with Gasteiger partial charge in [-0.2, -0.15) is 4.98 Å². The average Bonchev–Trinajstić information content (AvgIpc) is 2.88. The third kappa shape index (κ3) is 3.85. The summed E-state index contributed by atoms with van der Waals surface area (Å²) in [6, 6.07) is 8.50. The van der Waals surface area contributed by atoms with Gasteiger partial charge in [0.05, 0.1) is 12.2 Å². The van der Waals surface area contributed by atoms with Gasteiger partial charge in [-0.25, -0.2) is 9.78 Å². The van der Waals surface area contributed by atoms with Crippen LogP contribution >= 0.6 is 39.1 Å². The smallest absolute Gasteiger partial charge is 0.354 e. The minimum absolute atomic E-state index is 0.0102. The molecule has 0 aliphatic heterocycles. The number of aromatic carboxylic acids is 1. The number of nitrogens with zero attached hydrogens (tertiary/aromatic N) is 3. The minimum Gasteiger partial charge on any atom is -0.477 e. The number of aromatic nitrogens is 3. The normalized spacial score (nSPS) is 10.8. The number of benzene rings is 1. The lowest BCUT2D eigenvalue weighted by Crippen LogP contribution is -2.12. The lowest BCUT2D eigenvalue weighted by Gasteiger charge is -2.12. The molecule has 0 aliphatic rings. The number of halogens is 3. The molecule has 0 unspecified atom stereocenters. The van der Waals surface area contributed by atoms with Crippen molar-refractivity contribution in [3.63, 3.8) is 0 Å². The summed E-state index contributed by atoms with van der Waals surface area (Å²) in [6.07, 6.45) is 1.60. The molecule has 6 nitrogen and oxygen atoms in total. The molecule has 2 heterocycles. The zero-order valence-electron chi connectivity index (χ0n) is 13.4. The molecule has 26 heavy (non-hydrogen) atoms. The zero-order valence-corrected chi connectivity index (χ0v) is 16.5. The molecule has 0 amide bonds. The second kappa shape index (κ2) is 7.65. The number of rotatable bonds is 5. The van der Waals surface area contributed by atoms with Gasteiger partial charge >= 0.3 is 12.0 Å². The summed E-state index contributed by atoms with van der Waals surface area (Å²) >= 11 is 15.6. The van der Waals surface area contributed by atoms with E-state index in [1.807, 2.05) is 0 Å². The lowest BCUT2D eigenvalue weighted by atomic mass is 10.2. The van der Waals surface area contributed by atoms with Crippen LogP contribution in [0.4, 0.5) is 0 Å². The van der Waals surface area contributed by atoms with Crippen LogP contribution in [0.1, 0.15) is 21.7 Å². The molecule has 9 heteroatoms. The number of aryl methyl sites for hydroxylation is 1. The highest BCUT2D eigenvalue weighted by Crippen LogP contribution is 2.30. The van der Waals surface area contributed by atoms with Crippen molar-refractivity contribution in [2.45, 2.75) is 13.5 Å². The van der Waals surface area contributed by atoms with Crippen LogP contribution in [-0.4, -0.2) is 25.6 Å². The Hall–Kier alpha value is -2.09. The first-order valence-electron chi connectivity index (χ1n) is 7.39. The molecule has 134 valence electrons. The number of carboxylic acids is 1. The van der Waals surface area contributed by atoms with Crippen LogP contribution in [0.2, 0.25) is 10.0 Å². The van der Waals surface area contributed by atoms with Gasteiger partial charge in [-0.3, -0.25) is 4.57 Å². The van der Waals surface area contributed by atoms with E-state index in [2.05, 4.69) is 25.9 Å². The molecule has 1 aromatic carbocycles. The molecule has 0 saturated carbocycles. The minimum atomic E-state index is -1.12. The van der Waals surface area contributed by atoms with E-state index >= 15 is 0 Å². The molecule has 0 aliphatic carbocycles. The quantitative estimate of drug-likeness (QED) is 0.534. The van der Waals surface area contributed by atoms with E-state index in [1.54, 1.807) is 43.5 Å². The molecule has 3 aromatic rings. The number of carbonyl (C=O) groups is 1. The monoisotopic (exact) mass is 455 g/mol. The molecular weight excluding hydrogens is 445 g/mol. The van der Waals surface area contributed by atoms with Gasteiger partial charge < -0.3 is 9.84 Å². The van der Waals surface area contributed by atoms with Gasteiger partial charge in [-0.1, -0.05) is 23.2 Å². The topological polar surface area (TPSA) is 77.2 Å². The molecule has 0 fully saturated rings. The van der Waals surface area contributed by atoms with E-state index in [9.17, 15) is 9.90 Å². The van der Waals surface area contributed by atoms with Crippen LogP contribution in [0.5, 0.6) is 11.8 Å². The van der Waals surface area contributed by atoms with Crippen LogP contribution in [0.3, 0.4) is 0 Å². The van der Waals surface area contributed by atoms with Crippen LogP contribution in [0, 0.1) is 6.92 Å². The van der Waals surface area contributed by atoms with Crippen molar-refractivity contribution in [2.75, 3.05) is 0 Å². The van der Waals surface area contributed by atoms with Gasteiger partial charge in [0, 0.05) is 16.2 Å². The van der Waals surface area contributed by atoms with E-state index < -0.39 is 5.97 Å². The molecule has 0 radical (unpaired) electrons. The largest absolute Gasteiger partial charge is 0.477 e. The average molecular weight is 457 g/mol. The van der Waals surface area contributed by atoms with Gasteiger partial charge in [0.15, 0.2) is 11.4 Å². The first-order chi connectivity index (χ1) is 12.4. The Labute approximate surface area is 167 Å². The van der Waals surface area contributed by atoms with E-state index in [1.165, 1.54) is 4.57 Å². The second-order valence-electron chi connectivity index (χ2n) is 5.35. The van der Waals surface area contributed by atoms with E-state index in [0.717, 1.165) is 0 Å². The Morgan fingerprint density at radius 1 is 1.35 bits per heavy atom. The van der Waals surface area contributed by atoms with Crippen molar-refractivity contribution >= 4 is 45.1 Å². The number of pyridine rings is 1. The molecular formula is C17H12BrCl2N3O3. The summed E-state index contributed by atoms with van der Waals surface area (Å²) in [5.41, 5.74) is 0.982. The predicted octanol–water partition coefficient (Wildman–Crippen LogP) is 5.19. The van der Waals surface area contributed by atoms with Crippen molar-refractivity contribution in [3.05, 3.63) is 68.1 Å². The number of hydrogen-bond acceptors (Lipinski definition) is 4. The predicted molar refractivity (Wildman–Crippen MR) is 101 cm³/mol. The summed E-state index contributed by atoms with van der Waals surface area (Å²) in [6.45, 7) is 1.74. The SMILES string of the molecule is Cc1nc(Oc2cccnc2Br)n(Cc2cc(Cl)ccc2Cl)c1C(=O)O. The van der Waals surface area contributed by atoms with E-state index in [-0.39, 0.29) is 18.2 Å². The molecule has 0 spiro atoms. The summed E-state index contributed by atoms with van der Waals surface area (Å²) in [5, 5.41) is 10.5. The zero-order chi connectivity index (χ0) is 18.8. The Morgan fingerprint density at radius 3 is 2.81 bits per heavy atom. The van der Waals surface area contributed by atoms with Crippen molar-refractivity contribution < 1.29 is 14.6 Å². The maximum absolute atomic E-state index is 11.7. The van der Waals surface area contributed by atoms with E-state index in [0.29, 0.717) is 31.7 Å². The van der Waals surface area contributed by atoms with Crippen LogP contribution in [0.25, 0.3) is 0 Å². The van der Waals surface area contributed by atoms with Crippen molar-refractivity contribution in [2.24, 2.45) is 0 Å². The molecule has 3 rings (SSSR count). The number of carboxylic acid groups (broad SMARTS) is 1. The highest BCUT2D eigenvalue weighted by Gasteiger charge is 2.23. The van der Waals surface area contributed by atoms with Crippen LogP contribution in [-0.2, 0) is 6.54 Å². The second-order valence-corrected chi connectivity index (χ2v) is 6.94. The summed E-state index contributed by atoms with van der Waals surface area (Å²) < 4.78 is 7.71. The Kier molecular flexibility index (Phi) is 5.50. The Bertz CT molecular complexity index is 991. The molecule has 1 N–H and O–H groups in total. The highest BCUT2D eigenvalue weighted by atomic mass is 79.9. The van der Waals surface area contributed by atoms with Crippen molar-refractivity contribution in [1.82, 2.24) is 14.5 Å². The van der Waals surface area contributed by atoms with Gasteiger partial charge in [0.25, 0.3) is 0 Å². The first-order valence-corrected chi connectivity index (χ1v) is 8.94. The maximum Gasteiger partial charge on any atom is 0.354 e. The van der Waals surface area contributed by atoms with Crippen LogP contribution in [0.15, 0.2) is 41.1 Å².